The van der Waals surface area contributed by atoms with E-state index in [-0.39, 0.29) is 23.7 Å². The summed E-state index contributed by atoms with van der Waals surface area (Å²) in [5.41, 5.74) is -0.292. The van der Waals surface area contributed by atoms with Crippen molar-refractivity contribution in [1.82, 2.24) is 14.5 Å². The lowest BCUT2D eigenvalue weighted by Crippen LogP contribution is -2.53. The van der Waals surface area contributed by atoms with Crippen LogP contribution >= 0.6 is 0 Å². The van der Waals surface area contributed by atoms with Crippen molar-refractivity contribution in [2.24, 2.45) is 7.05 Å². The first-order valence-electron chi connectivity index (χ1n) is 7.09. The molecule has 3 atom stereocenters. The summed E-state index contributed by atoms with van der Waals surface area (Å²) in [7, 11) is 3.52. The van der Waals surface area contributed by atoms with Crippen LogP contribution in [0.3, 0.4) is 0 Å². The Bertz CT molecular complexity index is 516. The molecule has 3 rings (SSSR count). The van der Waals surface area contributed by atoms with E-state index in [0.29, 0.717) is 18.8 Å². The minimum absolute atomic E-state index is 0.0551. The fraction of sp³-hybridized carbons (Fsp3) is 0.714. The number of hydrogen-bond acceptors (Lipinski definition) is 4. The molecule has 6 nitrogen and oxygen atoms in total. The first-order valence-corrected chi connectivity index (χ1v) is 7.09. The van der Waals surface area contributed by atoms with Crippen LogP contribution in [0.15, 0.2) is 12.4 Å². The zero-order chi connectivity index (χ0) is 14.3. The van der Waals surface area contributed by atoms with E-state index in [1.54, 1.807) is 24.1 Å². The van der Waals surface area contributed by atoms with E-state index in [1.165, 1.54) is 0 Å². The van der Waals surface area contributed by atoms with Gasteiger partial charge in [-0.2, -0.15) is 0 Å². The number of nitrogens with zero attached hydrogens (tertiary/aromatic N) is 3. The molecule has 0 unspecified atom stereocenters. The summed E-state index contributed by atoms with van der Waals surface area (Å²) in [4.78, 5) is 18.6. The Morgan fingerprint density at radius 3 is 3.00 bits per heavy atom. The summed E-state index contributed by atoms with van der Waals surface area (Å²) >= 11 is 0. The standard InChI is InChI=1S/C14H21N3O3/c1-16-8-6-15-12(16)13(19)17-7-5-14(20-2)4-3-10(18)9-11(14)17/h6,8,10-11,18H,3-5,7,9H2,1-2H3/t10-,11-,14+/m0/s1. The molecule has 6 heteroatoms. The van der Waals surface area contributed by atoms with Crippen LogP contribution in [0.25, 0.3) is 0 Å². The van der Waals surface area contributed by atoms with Crippen molar-refractivity contribution in [1.29, 1.82) is 0 Å². The Kier molecular flexibility index (Phi) is 3.30. The monoisotopic (exact) mass is 279 g/mol. The van der Waals surface area contributed by atoms with Gasteiger partial charge in [0.1, 0.15) is 0 Å². The Balaban J connectivity index is 1.88. The minimum Gasteiger partial charge on any atom is -0.393 e. The number of fused-ring (bicyclic) bond motifs is 1. The zero-order valence-corrected chi connectivity index (χ0v) is 12.0. The molecule has 2 aliphatic rings. The van der Waals surface area contributed by atoms with E-state index in [2.05, 4.69) is 4.98 Å². The second-order valence-corrected chi connectivity index (χ2v) is 5.82. The van der Waals surface area contributed by atoms with Crippen LogP contribution in [0.4, 0.5) is 0 Å². The number of ether oxygens (including phenoxy) is 1. The van der Waals surface area contributed by atoms with Crippen LogP contribution in [0, 0.1) is 0 Å². The third-order valence-electron chi connectivity index (χ3n) is 4.84. The van der Waals surface area contributed by atoms with Gasteiger partial charge in [-0.15, -0.1) is 0 Å². The predicted molar refractivity (Wildman–Crippen MR) is 72.2 cm³/mol. The Morgan fingerprint density at radius 2 is 2.35 bits per heavy atom. The number of hydrogen-bond donors (Lipinski definition) is 1. The van der Waals surface area contributed by atoms with Crippen molar-refractivity contribution in [3.05, 3.63) is 18.2 Å². The summed E-state index contributed by atoms with van der Waals surface area (Å²) in [6, 6.07) is -0.0551. The van der Waals surface area contributed by atoms with Crippen molar-refractivity contribution in [2.75, 3.05) is 13.7 Å². The van der Waals surface area contributed by atoms with Crippen LogP contribution in [-0.2, 0) is 11.8 Å². The molecule has 0 spiro atoms. The number of carbonyl (C=O) groups excluding carboxylic acids is 1. The predicted octanol–water partition coefficient (Wildman–Crippen LogP) is 0.565. The molecular weight excluding hydrogens is 258 g/mol. The van der Waals surface area contributed by atoms with Crippen LogP contribution in [0.1, 0.15) is 36.3 Å². The molecule has 1 aromatic rings. The highest BCUT2D eigenvalue weighted by atomic mass is 16.5. The lowest BCUT2D eigenvalue weighted by Gasteiger charge is -2.42. The number of methoxy groups -OCH3 is 1. The fourth-order valence-corrected chi connectivity index (χ4v) is 3.62. The average Bonchev–Trinajstić information content (AvgIpc) is 3.02. The molecule has 110 valence electrons. The number of aliphatic hydroxyl groups is 1. The molecule has 1 aliphatic heterocycles. The van der Waals surface area contributed by atoms with E-state index in [9.17, 15) is 9.90 Å². The smallest absolute Gasteiger partial charge is 0.290 e. The molecule has 0 aromatic carbocycles. The summed E-state index contributed by atoms with van der Waals surface area (Å²) in [5.74, 6) is 0.368. The normalized spacial score (nSPS) is 33.2. The largest absolute Gasteiger partial charge is 0.393 e. The number of imidazole rings is 1. The van der Waals surface area contributed by atoms with Crippen molar-refractivity contribution >= 4 is 5.91 Å². The number of aromatic nitrogens is 2. The highest BCUT2D eigenvalue weighted by Gasteiger charge is 2.52. The third kappa shape index (κ3) is 1.94. The molecule has 1 saturated carbocycles. The van der Waals surface area contributed by atoms with Crippen molar-refractivity contribution in [3.8, 4) is 0 Å². The average molecular weight is 279 g/mol. The Morgan fingerprint density at radius 1 is 1.55 bits per heavy atom. The molecular formula is C14H21N3O3. The number of rotatable bonds is 2. The van der Waals surface area contributed by atoms with Gasteiger partial charge in [0.05, 0.1) is 17.7 Å². The van der Waals surface area contributed by atoms with Crippen molar-refractivity contribution in [2.45, 2.75) is 43.4 Å². The zero-order valence-electron chi connectivity index (χ0n) is 12.0. The van der Waals surface area contributed by atoms with E-state index in [1.807, 2.05) is 11.9 Å². The molecule has 2 heterocycles. The van der Waals surface area contributed by atoms with Crippen LogP contribution in [0.5, 0.6) is 0 Å². The van der Waals surface area contributed by atoms with Gasteiger partial charge >= 0.3 is 0 Å². The maximum Gasteiger partial charge on any atom is 0.290 e. The van der Waals surface area contributed by atoms with Gasteiger partial charge in [0.25, 0.3) is 5.91 Å². The number of carbonyl (C=O) groups is 1. The van der Waals surface area contributed by atoms with E-state index in [4.69, 9.17) is 4.74 Å². The summed E-state index contributed by atoms with van der Waals surface area (Å²) in [6.45, 7) is 0.664. The van der Waals surface area contributed by atoms with E-state index < -0.39 is 0 Å². The summed E-state index contributed by atoms with van der Waals surface area (Å²) < 4.78 is 7.48. The van der Waals surface area contributed by atoms with Gasteiger partial charge in [0.15, 0.2) is 5.82 Å². The summed E-state index contributed by atoms with van der Waals surface area (Å²) in [6.07, 6.45) is 6.01. The highest BCUT2D eigenvalue weighted by molar-refractivity contribution is 5.91. The van der Waals surface area contributed by atoms with Gasteiger partial charge < -0.3 is 19.3 Å². The van der Waals surface area contributed by atoms with Gasteiger partial charge in [0.2, 0.25) is 0 Å². The molecule has 20 heavy (non-hydrogen) atoms. The topological polar surface area (TPSA) is 67.6 Å². The molecule has 1 amide bonds. The van der Waals surface area contributed by atoms with Crippen molar-refractivity contribution < 1.29 is 14.6 Å². The Labute approximate surface area is 118 Å². The number of amides is 1. The second kappa shape index (κ2) is 4.86. The fourth-order valence-electron chi connectivity index (χ4n) is 3.62. The number of aryl methyl sites for hydroxylation is 1. The molecule has 1 aromatic heterocycles. The number of aliphatic hydroxyl groups excluding tert-OH is 1. The molecule has 1 saturated heterocycles. The molecule has 0 radical (unpaired) electrons. The van der Waals surface area contributed by atoms with Crippen LogP contribution in [-0.4, -0.2) is 56.9 Å². The second-order valence-electron chi connectivity index (χ2n) is 5.82. The highest BCUT2D eigenvalue weighted by Crippen LogP contribution is 2.42. The molecule has 0 bridgehead atoms. The van der Waals surface area contributed by atoms with Gasteiger partial charge in [-0.05, 0) is 25.7 Å². The third-order valence-corrected chi connectivity index (χ3v) is 4.84. The van der Waals surface area contributed by atoms with Gasteiger partial charge in [-0.25, -0.2) is 4.98 Å². The Hall–Kier alpha value is -1.40. The van der Waals surface area contributed by atoms with Crippen LogP contribution in [0.2, 0.25) is 0 Å². The molecule has 1 N–H and O–H groups in total. The molecule has 2 fully saturated rings. The van der Waals surface area contributed by atoms with E-state index >= 15 is 0 Å². The quantitative estimate of drug-likeness (QED) is 0.859. The maximum atomic E-state index is 12.7. The lowest BCUT2D eigenvalue weighted by molar-refractivity contribution is -0.0825. The maximum absolute atomic E-state index is 12.7. The van der Waals surface area contributed by atoms with E-state index in [0.717, 1.165) is 19.3 Å². The number of likely N-dealkylation sites (tertiary alicyclic amines) is 1. The van der Waals surface area contributed by atoms with Gasteiger partial charge in [0, 0.05) is 33.1 Å². The van der Waals surface area contributed by atoms with Gasteiger partial charge in [-0.1, -0.05) is 0 Å². The van der Waals surface area contributed by atoms with Crippen LogP contribution < -0.4 is 0 Å². The van der Waals surface area contributed by atoms with Gasteiger partial charge in [-0.3, -0.25) is 4.79 Å². The minimum atomic E-state index is -0.349. The SMILES string of the molecule is CO[C@@]12CC[C@H](O)C[C@@H]1N(C(=O)c1nccn1C)CC2. The lowest BCUT2D eigenvalue weighted by atomic mass is 9.79. The van der Waals surface area contributed by atoms with Crippen molar-refractivity contribution in [3.63, 3.8) is 0 Å². The first kappa shape index (κ1) is 13.6. The first-order chi connectivity index (χ1) is 9.57. The molecule has 1 aliphatic carbocycles. The summed E-state index contributed by atoms with van der Waals surface area (Å²) in [5, 5.41) is 9.94.